The molecule has 33 heavy (non-hydrogen) atoms. The second-order valence-corrected chi connectivity index (χ2v) is 7.08. The van der Waals surface area contributed by atoms with Crippen LogP contribution in [0.5, 0.6) is 5.75 Å². The fourth-order valence-corrected chi connectivity index (χ4v) is 3.28. The summed E-state index contributed by atoms with van der Waals surface area (Å²) < 4.78 is 83.3. The van der Waals surface area contributed by atoms with Gasteiger partial charge in [-0.25, -0.2) is 4.79 Å². The van der Waals surface area contributed by atoms with Crippen LogP contribution in [0.25, 0.3) is 0 Å². The van der Waals surface area contributed by atoms with Crippen molar-refractivity contribution in [2.75, 3.05) is 11.4 Å². The number of carbonyl (C=O) groups is 2. The van der Waals surface area contributed by atoms with Crippen molar-refractivity contribution in [1.82, 2.24) is 5.32 Å². The number of benzene rings is 2. The van der Waals surface area contributed by atoms with Crippen LogP contribution in [0, 0.1) is 0 Å². The summed E-state index contributed by atoms with van der Waals surface area (Å²) in [4.78, 5) is 25.7. The number of aryl methyl sites for hydroxylation is 1. The van der Waals surface area contributed by atoms with Crippen molar-refractivity contribution < 1.29 is 45.4 Å². The first-order valence-corrected chi connectivity index (χ1v) is 9.69. The van der Waals surface area contributed by atoms with Gasteiger partial charge in [0.2, 0.25) is 6.23 Å². The monoisotopic (exact) mass is 476 g/mol. The predicted octanol–water partition coefficient (Wildman–Crippen LogP) is 4.09. The number of nitrogens with zero attached hydrogens (tertiary/aromatic N) is 1. The van der Waals surface area contributed by atoms with E-state index in [2.05, 4.69) is 14.8 Å². The molecule has 6 nitrogen and oxygen atoms in total. The number of hydrogen-bond acceptors (Lipinski definition) is 5. The molecule has 1 heterocycles. The second-order valence-electron chi connectivity index (χ2n) is 7.08. The Kier molecular flexibility index (Phi) is 7.15. The number of carbonyl (C=O) groups excluding carboxylic acids is 2. The van der Waals surface area contributed by atoms with Crippen LogP contribution in [-0.2, 0) is 27.3 Å². The lowest BCUT2D eigenvalue weighted by molar-refractivity contribution is -0.274. The van der Waals surface area contributed by atoms with Crippen LogP contribution < -0.4 is 15.0 Å². The maximum Gasteiger partial charge on any atom is 0.573 e. The molecule has 0 bridgehead atoms. The van der Waals surface area contributed by atoms with Crippen LogP contribution in [-0.4, -0.2) is 37.2 Å². The van der Waals surface area contributed by atoms with E-state index in [1.807, 2.05) is 0 Å². The summed E-state index contributed by atoms with van der Waals surface area (Å²) in [5, 5.41) is 2.44. The molecule has 12 heteroatoms. The zero-order valence-corrected chi connectivity index (χ0v) is 16.9. The molecule has 1 unspecified atom stereocenters. The molecule has 0 aromatic heterocycles. The highest BCUT2D eigenvalue weighted by molar-refractivity contribution is 5.98. The number of fused-ring (bicyclic) bond motifs is 1. The van der Waals surface area contributed by atoms with Gasteiger partial charge in [-0.1, -0.05) is 30.3 Å². The number of esters is 1. The van der Waals surface area contributed by atoms with Gasteiger partial charge < -0.3 is 14.4 Å². The fraction of sp³-hybridized carbons (Fsp3) is 0.333. The smallest absolute Gasteiger partial charge is 0.430 e. The Morgan fingerprint density at radius 2 is 1.67 bits per heavy atom. The lowest BCUT2D eigenvalue weighted by Gasteiger charge is -2.32. The molecule has 0 saturated heterocycles. The number of hydrogen-bond donors (Lipinski definition) is 1. The molecular weight excluding hydrogens is 458 g/mol. The van der Waals surface area contributed by atoms with Gasteiger partial charge in [0.05, 0.1) is 0 Å². The highest BCUT2D eigenvalue weighted by Crippen LogP contribution is 2.28. The Morgan fingerprint density at radius 1 is 1.00 bits per heavy atom. The first-order chi connectivity index (χ1) is 15.4. The molecule has 2 aromatic carbocycles. The van der Waals surface area contributed by atoms with E-state index >= 15 is 0 Å². The molecule has 1 N–H and O–H groups in total. The van der Waals surface area contributed by atoms with Crippen LogP contribution in [0.1, 0.15) is 17.5 Å². The van der Waals surface area contributed by atoms with Gasteiger partial charge >= 0.3 is 18.5 Å². The van der Waals surface area contributed by atoms with Crippen molar-refractivity contribution in [2.24, 2.45) is 0 Å². The minimum atomic E-state index is -5.32. The lowest BCUT2D eigenvalue weighted by Crippen LogP contribution is -2.51. The van der Waals surface area contributed by atoms with Gasteiger partial charge in [-0.05, 0) is 42.2 Å². The van der Waals surface area contributed by atoms with E-state index in [1.165, 1.54) is 17.0 Å². The van der Waals surface area contributed by atoms with E-state index in [-0.39, 0.29) is 13.1 Å². The van der Waals surface area contributed by atoms with Gasteiger partial charge in [0, 0.05) is 18.8 Å². The van der Waals surface area contributed by atoms with Gasteiger partial charge in [-0.15, -0.1) is 13.2 Å². The minimum Gasteiger partial charge on any atom is -0.430 e. The maximum absolute atomic E-state index is 13.0. The average Bonchev–Trinajstić information content (AvgIpc) is 2.75. The first kappa shape index (κ1) is 24.4. The Labute approximate surface area is 184 Å². The fourth-order valence-electron chi connectivity index (χ4n) is 3.28. The van der Waals surface area contributed by atoms with Crippen molar-refractivity contribution >= 4 is 17.6 Å². The van der Waals surface area contributed by atoms with Gasteiger partial charge in [-0.3, -0.25) is 10.1 Å². The number of halogens is 6. The highest BCUT2D eigenvalue weighted by Gasteiger charge is 2.44. The van der Waals surface area contributed by atoms with Crippen molar-refractivity contribution in [2.45, 2.75) is 38.2 Å². The van der Waals surface area contributed by atoms with Crippen LogP contribution in [0.2, 0.25) is 0 Å². The summed E-state index contributed by atoms with van der Waals surface area (Å²) in [6.07, 6.45) is -10.9. The lowest BCUT2D eigenvalue weighted by atomic mass is 10.0. The molecule has 0 radical (unpaired) electrons. The molecule has 0 aliphatic carbocycles. The van der Waals surface area contributed by atoms with Gasteiger partial charge in [0.15, 0.2) is 0 Å². The van der Waals surface area contributed by atoms with E-state index in [4.69, 9.17) is 0 Å². The Morgan fingerprint density at radius 3 is 2.30 bits per heavy atom. The molecule has 0 fully saturated rings. The molecule has 178 valence electrons. The number of anilines is 1. The summed E-state index contributed by atoms with van der Waals surface area (Å²) in [5.74, 6) is -3.95. The minimum absolute atomic E-state index is 0.209. The second kappa shape index (κ2) is 9.69. The van der Waals surface area contributed by atoms with E-state index < -0.39 is 36.4 Å². The van der Waals surface area contributed by atoms with Crippen LogP contribution >= 0.6 is 0 Å². The SMILES string of the molecule is O=C(C(NCc1ccc(OC(F)(F)F)cc1)OC(=O)C(F)(F)F)N1CCCc2ccccc21. The molecule has 1 aliphatic heterocycles. The molecule has 3 rings (SSSR count). The molecule has 0 saturated carbocycles. The normalized spacial score (nSPS) is 14.9. The van der Waals surface area contributed by atoms with E-state index in [9.17, 15) is 35.9 Å². The third kappa shape index (κ3) is 6.60. The topological polar surface area (TPSA) is 67.9 Å². The Bertz CT molecular complexity index is 991. The Balaban J connectivity index is 1.76. The summed E-state index contributed by atoms with van der Waals surface area (Å²) >= 11 is 0. The zero-order chi connectivity index (χ0) is 24.2. The third-order valence-electron chi connectivity index (χ3n) is 4.71. The van der Waals surface area contributed by atoms with Gasteiger partial charge in [0.25, 0.3) is 5.91 Å². The van der Waals surface area contributed by atoms with E-state index in [1.54, 1.807) is 24.3 Å². The summed E-state index contributed by atoms with van der Waals surface area (Å²) in [7, 11) is 0. The molecular formula is C21H18F6N2O4. The number of para-hydroxylation sites is 1. The number of amides is 1. The summed E-state index contributed by atoms with van der Waals surface area (Å²) in [6, 6.07) is 11.3. The molecule has 1 atom stereocenters. The van der Waals surface area contributed by atoms with Gasteiger partial charge in [0.1, 0.15) is 5.75 Å². The third-order valence-corrected chi connectivity index (χ3v) is 4.71. The molecule has 2 aromatic rings. The van der Waals surface area contributed by atoms with Crippen molar-refractivity contribution in [3.63, 3.8) is 0 Å². The molecule has 1 amide bonds. The predicted molar refractivity (Wildman–Crippen MR) is 103 cm³/mol. The number of nitrogens with one attached hydrogen (secondary N) is 1. The van der Waals surface area contributed by atoms with Crippen molar-refractivity contribution in [3.8, 4) is 5.75 Å². The number of ether oxygens (including phenoxy) is 2. The number of alkyl halides is 6. The van der Waals surface area contributed by atoms with Crippen molar-refractivity contribution in [1.29, 1.82) is 0 Å². The van der Waals surface area contributed by atoms with Crippen LogP contribution in [0.15, 0.2) is 48.5 Å². The van der Waals surface area contributed by atoms with E-state index in [0.717, 1.165) is 17.7 Å². The summed E-state index contributed by atoms with van der Waals surface area (Å²) in [5.41, 5.74) is 1.62. The first-order valence-electron chi connectivity index (χ1n) is 9.69. The zero-order valence-electron chi connectivity index (χ0n) is 16.9. The van der Waals surface area contributed by atoms with Crippen LogP contribution in [0.3, 0.4) is 0 Å². The van der Waals surface area contributed by atoms with E-state index in [0.29, 0.717) is 24.1 Å². The number of rotatable bonds is 6. The summed E-state index contributed by atoms with van der Waals surface area (Å²) in [6.45, 7) is -0.0651. The quantitative estimate of drug-likeness (QED) is 0.387. The molecule has 0 spiro atoms. The van der Waals surface area contributed by atoms with Gasteiger partial charge in [-0.2, -0.15) is 13.2 Å². The highest BCUT2D eigenvalue weighted by atomic mass is 19.4. The Hall–Kier alpha value is -3.28. The van der Waals surface area contributed by atoms with Crippen LogP contribution in [0.4, 0.5) is 32.0 Å². The average molecular weight is 476 g/mol. The van der Waals surface area contributed by atoms with Crippen molar-refractivity contribution in [3.05, 3.63) is 59.7 Å². The molecule has 1 aliphatic rings. The maximum atomic E-state index is 13.0. The standard InChI is InChI=1S/C21H18F6N2O4/c22-20(23,24)19(31)32-17(18(30)29-11-3-5-14-4-1-2-6-16(14)29)28-12-13-7-9-15(10-8-13)33-21(25,26)27/h1-2,4,6-10,17,28H,3,5,11-12H2. The largest absolute Gasteiger partial charge is 0.573 e.